The third-order valence-corrected chi connectivity index (χ3v) is 3.67. The molecule has 1 atom stereocenters. The predicted molar refractivity (Wildman–Crippen MR) is 75.6 cm³/mol. The van der Waals surface area contributed by atoms with E-state index >= 15 is 0 Å². The Balaban J connectivity index is 1.99. The van der Waals surface area contributed by atoms with Crippen LogP contribution >= 0.6 is 0 Å². The third-order valence-electron chi connectivity index (χ3n) is 3.67. The first-order chi connectivity index (χ1) is 10.8. The van der Waals surface area contributed by atoms with E-state index in [0.717, 1.165) is 0 Å². The van der Waals surface area contributed by atoms with Crippen molar-refractivity contribution >= 4 is 11.8 Å². The van der Waals surface area contributed by atoms with Crippen molar-refractivity contribution in [2.75, 3.05) is 13.1 Å². The Bertz CT molecular complexity index is 590. The number of halogens is 3. The van der Waals surface area contributed by atoms with Crippen LogP contribution in [0.4, 0.5) is 13.2 Å². The van der Waals surface area contributed by atoms with Crippen molar-refractivity contribution in [1.29, 1.82) is 0 Å². The number of nitrogens with one attached hydrogen (secondary N) is 1. The highest BCUT2D eigenvalue weighted by Gasteiger charge is 2.36. The number of nitrogens with zero attached hydrogens (tertiary/aromatic N) is 1. The summed E-state index contributed by atoms with van der Waals surface area (Å²) in [5.74, 6) is -1.22. The number of benzene rings is 1. The van der Waals surface area contributed by atoms with Crippen molar-refractivity contribution in [3.63, 3.8) is 0 Å². The second kappa shape index (κ2) is 6.89. The number of phenols is 1. The molecule has 0 unspecified atom stereocenters. The number of aromatic hydroxyl groups is 1. The normalized spacial score (nSPS) is 18.0. The fraction of sp³-hybridized carbons (Fsp3) is 0.467. The average Bonchev–Trinajstić information content (AvgIpc) is 2.96. The minimum Gasteiger partial charge on any atom is -0.508 e. The van der Waals surface area contributed by atoms with E-state index in [1.54, 1.807) is 18.2 Å². The van der Waals surface area contributed by atoms with Crippen LogP contribution in [0.25, 0.3) is 0 Å². The molecule has 1 aromatic rings. The second-order valence-corrected chi connectivity index (χ2v) is 5.38. The van der Waals surface area contributed by atoms with Crippen LogP contribution in [-0.2, 0) is 16.0 Å². The first-order valence-electron chi connectivity index (χ1n) is 7.19. The van der Waals surface area contributed by atoms with Crippen LogP contribution in [0.1, 0.15) is 18.4 Å². The Morgan fingerprint density at radius 1 is 1.30 bits per heavy atom. The van der Waals surface area contributed by atoms with Crippen molar-refractivity contribution in [3.8, 4) is 5.75 Å². The molecule has 23 heavy (non-hydrogen) atoms. The Morgan fingerprint density at radius 2 is 2.00 bits per heavy atom. The molecule has 2 amide bonds. The van der Waals surface area contributed by atoms with E-state index < -0.39 is 30.6 Å². The Labute approximate surface area is 131 Å². The number of likely N-dealkylation sites (tertiary alicyclic amines) is 1. The molecule has 0 spiro atoms. The highest BCUT2D eigenvalue weighted by atomic mass is 19.4. The highest BCUT2D eigenvalue weighted by Crippen LogP contribution is 2.22. The molecule has 1 heterocycles. The van der Waals surface area contributed by atoms with E-state index in [0.29, 0.717) is 24.9 Å². The van der Waals surface area contributed by atoms with Crippen molar-refractivity contribution < 1.29 is 27.9 Å². The maximum Gasteiger partial charge on any atom is 0.405 e. The van der Waals surface area contributed by atoms with Gasteiger partial charge in [-0.1, -0.05) is 18.2 Å². The molecule has 0 aromatic heterocycles. The number of carbonyl (C=O) groups excluding carboxylic acids is 2. The van der Waals surface area contributed by atoms with Gasteiger partial charge in [0.1, 0.15) is 18.3 Å². The standard InChI is InChI=1S/C15H17F3N2O3/c16-15(17,18)9-19-14(23)11-5-3-7-20(11)13(22)8-10-4-1-2-6-12(10)21/h1-2,4,6,11,21H,3,5,7-9H2,(H,19,23)/t11-/m0/s1. The van der Waals surface area contributed by atoms with Crippen LogP contribution in [0, 0.1) is 0 Å². The Hall–Kier alpha value is -2.25. The monoisotopic (exact) mass is 330 g/mol. The van der Waals surface area contributed by atoms with Gasteiger partial charge in [-0.05, 0) is 18.9 Å². The SMILES string of the molecule is O=C(NCC(F)(F)F)[C@@H]1CCCN1C(=O)Cc1ccccc1O. The van der Waals surface area contributed by atoms with Gasteiger partial charge < -0.3 is 15.3 Å². The topological polar surface area (TPSA) is 69.6 Å². The van der Waals surface area contributed by atoms with Crippen molar-refractivity contribution in [2.24, 2.45) is 0 Å². The third kappa shape index (κ3) is 4.61. The Kier molecular flexibility index (Phi) is 5.12. The molecule has 2 rings (SSSR count). The summed E-state index contributed by atoms with van der Waals surface area (Å²) in [5, 5.41) is 11.5. The van der Waals surface area contributed by atoms with Gasteiger partial charge in [-0.3, -0.25) is 9.59 Å². The number of para-hydroxylation sites is 1. The molecule has 1 aliphatic heterocycles. The fourth-order valence-electron chi connectivity index (χ4n) is 2.57. The molecule has 1 aromatic carbocycles. The average molecular weight is 330 g/mol. The molecule has 1 fully saturated rings. The van der Waals surface area contributed by atoms with Gasteiger partial charge in [0.2, 0.25) is 11.8 Å². The van der Waals surface area contributed by atoms with Crippen LogP contribution in [0.2, 0.25) is 0 Å². The molecule has 0 radical (unpaired) electrons. The maximum atomic E-state index is 12.3. The lowest BCUT2D eigenvalue weighted by Gasteiger charge is -2.24. The molecule has 0 bridgehead atoms. The lowest BCUT2D eigenvalue weighted by Crippen LogP contribution is -2.48. The molecule has 126 valence electrons. The molecule has 8 heteroatoms. The number of alkyl halides is 3. The maximum absolute atomic E-state index is 12.3. The lowest BCUT2D eigenvalue weighted by atomic mass is 10.1. The number of hydrogen-bond acceptors (Lipinski definition) is 3. The number of hydrogen-bond donors (Lipinski definition) is 2. The van der Waals surface area contributed by atoms with Gasteiger partial charge in [0.15, 0.2) is 0 Å². The summed E-state index contributed by atoms with van der Waals surface area (Å²) in [6, 6.07) is 5.42. The lowest BCUT2D eigenvalue weighted by molar-refractivity contribution is -0.144. The molecule has 0 saturated carbocycles. The summed E-state index contributed by atoms with van der Waals surface area (Å²) in [6.45, 7) is -1.10. The van der Waals surface area contributed by atoms with Gasteiger partial charge in [-0.2, -0.15) is 13.2 Å². The van der Waals surface area contributed by atoms with Crippen LogP contribution in [0.3, 0.4) is 0 Å². The second-order valence-electron chi connectivity index (χ2n) is 5.38. The molecule has 1 saturated heterocycles. The van der Waals surface area contributed by atoms with E-state index in [1.165, 1.54) is 11.0 Å². The summed E-state index contributed by atoms with van der Waals surface area (Å²) in [5.41, 5.74) is 0.416. The van der Waals surface area contributed by atoms with Gasteiger partial charge >= 0.3 is 6.18 Å². The molecule has 0 aliphatic carbocycles. The van der Waals surface area contributed by atoms with Gasteiger partial charge in [-0.25, -0.2) is 0 Å². The molecule has 2 N–H and O–H groups in total. The first-order valence-corrected chi connectivity index (χ1v) is 7.19. The first kappa shape index (κ1) is 17.1. The van der Waals surface area contributed by atoms with Gasteiger partial charge in [-0.15, -0.1) is 0 Å². The largest absolute Gasteiger partial charge is 0.508 e. The summed E-state index contributed by atoms with van der Waals surface area (Å²) >= 11 is 0. The number of phenolic OH excluding ortho intramolecular Hbond substituents is 1. The van der Waals surface area contributed by atoms with Crippen molar-refractivity contribution in [1.82, 2.24) is 10.2 Å². The fourth-order valence-corrected chi connectivity index (χ4v) is 2.57. The summed E-state index contributed by atoms with van der Waals surface area (Å²) < 4.78 is 36.5. The molecule has 5 nitrogen and oxygen atoms in total. The van der Waals surface area contributed by atoms with Crippen LogP contribution in [0.5, 0.6) is 5.75 Å². The van der Waals surface area contributed by atoms with Crippen LogP contribution in [0.15, 0.2) is 24.3 Å². The molecule has 1 aliphatic rings. The van der Waals surface area contributed by atoms with Crippen LogP contribution in [-0.4, -0.2) is 47.1 Å². The predicted octanol–water partition coefficient (Wildman–Crippen LogP) is 1.60. The van der Waals surface area contributed by atoms with E-state index in [4.69, 9.17) is 0 Å². The smallest absolute Gasteiger partial charge is 0.405 e. The minimum atomic E-state index is -4.49. The van der Waals surface area contributed by atoms with E-state index in [1.807, 2.05) is 5.32 Å². The molecular formula is C15H17F3N2O3. The summed E-state index contributed by atoms with van der Waals surface area (Å²) in [4.78, 5) is 25.4. The zero-order valence-electron chi connectivity index (χ0n) is 12.3. The zero-order chi connectivity index (χ0) is 17.0. The van der Waals surface area contributed by atoms with E-state index in [-0.39, 0.29) is 12.2 Å². The van der Waals surface area contributed by atoms with Crippen molar-refractivity contribution in [3.05, 3.63) is 29.8 Å². The number of carbonyl (C=O) groups is 2. The highest BCUT2D eigenvalue weighted by molar-refractivity contribution is 5.89. The quantitative estimate of drug-likeness (QED) is 0.881. The summed E-state index contributed by atoms with van der Waals surface area (Å²) in [7, 11) is 0. The van der Waals surface area contributed by atoms with E-state index in [9.17, 15) is 27.9 Å². The van der Waals surface area contributed by atoms with Crippen LogP contribution < -0.4 is 5.32 Å². The zero-order valence-corrected chi connectivity index (χ0v) is 12.3. The van der Waals surface area contributed by atoms with E-state index in [2.05, 4.69) is 0 Å². The van der Waals surface area contributed by atoms with Gasteiger partial charge in [0, 0.05) is 12.1 Å². The van der Waals surface area contributed by atoms with Crippen molar-refractivity contribution in [2.45, 2.75) is 31.5 Å². The molecular weight excluding hydrogens is 313 g/mol. The minimum absolute atomic E-state index is 0.0295. The number of amides is 2. The Morgan fingerprint density at radius 3 is 2.65 bits per heavy atom. The summed E-state index contributed by atoms with van der Waals surface area (Å²) in [6.07, 6.45) is -3.71. The number of rotatable bonds is 4. The van der Waals surface area contributed by atoms with Gasteiger partial charge in [0.05, 0.1) is 6.42 Å². The van der Waals surface area contributed by atoms with Gasteiger partial charge in [0.25, 0.3) is 0 Å².